The lowest BCUT2D eigenvalue weighted by Gasteiger charge is -2.41. The molecule has 2 aromatic heterocycles. The average molecular weight is 506 g/mol. The van der Waals surface area contributed by atoms with Crippen molar-refractivity contribution in [2.75, 3.05) is 6.54 Å². The molecule has 3 aliphatic heterocycles. The molecule has 3 aromatic rings. The smallest absolute Gasteiger partial charge is 0.410 e. The summed E-state index contributed by atoms with van der Waals surface area (Å²) in [6.07, 6.45) is 5.93. The molecule has 3 aliphatic rings. The molecule has 0 spiro atoms. The van der Waals surface area contributed by atoms with E-state index in [1.165, 1.54) is 0 Å². The van der Waals surface area contributed by atoms with E-state index in [9.17, 15) is 9.59 Å². The van der Waals surface area contributed by atoms with Gasteiger partial charge in [-0.2, -0.15) is 10.2 Å². The fraction of sp³-hybridized carbons (Fsp3) is 0.556. The van der Waals surface area contributed by atoms with Gasteiger partial charge in [-0.1, -0.05) is 6.07 Å². The van der Waals surface area contributed by atoms with Crippen LogP contribution in [0.15, 0.2) is 24.4 Å². The first-order chi connectivity index (χ1) is 17.7. The predicted molar refractivity (Wildman–Crippen MR) is 139 cm³/mol. The van der Waals surface area contributed by atoms with Gasteiger partial charge in [0.25, 0.3) is 0 Å². The van der Waals surface area contributed by atoms with Crippen LogP contribution in [0.2, 0.25) is 0 Å². The van der Waals surface area contributed by atoms with E-state index in [4.69, 9.17) is 4.74 Å². The molecule has 2 fully saturated rings. The van der Waals surface area contributed by atoms with Gasteiger partial charge in [0.2, 0.25) is 0 Å². The van der Waals surface area contributed by atoms with Crippen LogP contribution in [0.5, 0.6) is 0 Å². The van der Waals surface area contributed by atoms with Crippen molar-refractivity contribution in [3.63, 3.8) is 0 Å². The Labute approximate surface area is 216 Å². The van der Waals surface area contributed by atoms with Crippen LogP contribution < -0.4 is 5.32 Å². The van der Waals surface area contributed by atoms with E-state index < -0.39 is 5.60 Å². The lowest BCUT2D eigenvalue weighted by Crippen LogP contribution is -2.58. The van der Waals surface area contributed by atoms with E-state index in [0.717, 1.165) is 65.5 Å². The minimum Gasteiger partial charge on any atom is -0.444 e. The van der Waals surface area contributed by atoms with E-state index in [2.05, 4.69) is 38.8 Å². The number of fused-ring (bicyclic) bond motifs is 4. The first-order valence-electron chi connectivity index (χ1n) is 13.2. The SMILES string of the molecule is Cn1ncc2cc(-c3n[nH]c4c3CN(C(=O)NC3CC[C@H]5CC[C@@H]3N5C(=O)OC(C)(C)C)CC4)ccc21. The maximum atomic E-state index is 13.4. The number of rotatable bonds is 2. The zero-order valence-corrected chi connectivity index (χ0v) is 22.0. The summed E-state index contributed by atoms with van der Waals surface area (Å²) in [5, 5.41) is 16.5. The number of hydrogen-bond acceptors (Lipinski definition) is 5. The van der Waals surface area contributed by atoms with Crippen molar-refractivity contribution in [2.45, 2.75) is 83.1 Å². The van der Waals surface area contributed by atoms with Gasteiger partial charge >= 0.3 is 12.1 Å². The van der Waals surface area contributed by atoms with Gasteiger partial charge in [0.15, 0.2) is 0 Å². The van der Waals surface area contributed by atoms with Gasteiger partial charge in [0.05, 0.1) is 36.0 Å². The average Bonchev–Trinajstić information content (AvgIpc) is 3.53. The minimum atomic E-state index is -0.540. The Morgan fingerprint density at radius 1 is 1.16 bits per heavy atom. The molecule has 5 heterocycles. The highest BCUT2D eigenvalue weighted by molar-refractivity contribution is 5.84. The summed E-state index contributed by atoms with van der Waals surface area (Å²) >= 11 is 0. The predicted octanol–water partition coefficient (Wildman–Crippen LogP) is 3.96. The third-order valence-electron chi connectivity index (χ3n) is 7.98. The lowest BCUT2D eigenvalue weighted by molar-refractivity contribution is 0.00304. The number of nitrogens with zero attached hydrogens (tertiary/aromatic N) is 5. The molecule has 1 unspecified atom stereocenters. The Balaban J connectivity index is 1.17. The zero-order chi connectivity index (χ0) is 25.9. The lowest BCUT2D eigenvalue weighted by atomic mass is 9.97. The van der Waals surface area contributed by atoms with Gasteiger partial charge in [-0.25, -0.2) is 9.59 Å². The van der Waals surface area contributed by atoms with E-state index in [1.807, 2.05) is 48.5 Å². The van der Waals surface area contributed by atoms with Crippen molar-refractivity contribution in [3.05, 3.63) is 35.7 Å². The molecule has 196 valence electrons. The van der Waals surface area contributed by atoms with Gasteiger partial charge < -0.3 is 19.9 Å². The second-order valence-electron chi connectivity index (χ2n) is 11.6. The molecule has 10 nitrogen and oxygen atoms in total. The summed E-state index contributed by atoms with van der Waals surface area (Å²) in [5.74, 6) is 0. The Kier molecular flexibility index (Phi) is 5.65. The molecule has 37 heavy (non-hydrogen) atoms. The van der Waals surface area contributed by atoms with E-state index in [-0.39, 0.29) is 30.2 Å². The number of carbonyl (C=O) groups excluding carboxylic acids is 2. The topological polar surface area (TPSA) is 108 Å². The highest BCUT2D eigenvalue weighted by atomic mass is 16.6. The summed E-state index contributed by atoms with van der Waals surface area (Å²) in [6.45, 7) is 6.78. The number of ether oxygens (including phenoxy) is 1. The van der Waals surface area contributed by atoms with Crippen LogP contribution in [0, 0.1) is 0 Å². The highest BCUT2D eigenvalue weighted by Crippen LogP contribution is 2.37. The molecule has 2 N–H and O–H groups in total. The molecule has 2 bridgehead atoms. The van der Waals surface area contributed by atoms with E-state index >= 15 is 0 Å². The van der Waals surface area contributed by atoms with Crippen LogP contribution in [0.3, 0.4) is 0 Å². The molecule has 0 aliphatic carbocycles. The largest absolute Gasteiger partial charge is 0.444 e. The maximum absolute atomic E-state index is 13.4. The third-order valence-corrected chi connectivity index (χ3v) is 7.98. The number of nitrogens with one attached hydrogen (secondary N) is 2. The molecule has 1 aromatic carbocycles. The maximum Gasteiger partial charge on any atom is 0.410 e. The molecular weight excluding hydrogens is 470 g/mol. The van der Waals surface area contributed by atoms with Crippen LogP contribution in [-0.4, -0.2) is 72.2 Å². The fourth-order valence-electron chi connectivity index (χ4n) is 6.19. The van der Waals surface area contributed by atoms with E-state index in [0.29, 0.717) is 13.1 Å². The van der Waals surface area contributed by atoms with Crippen molar-refractivity contribution in [1.82, 2.24) is 35.1 Å². The Morgan fingerprint density at radius 2 is 1.97 bits per heavy atom. The second kappa shape index (κ2) is 8.78. The summed E-state index contributed by atoms with van der Waals surface area (Å²) in [5.41, 5.74) is 4.56. The minimum absolute atomic E-state index is 0.0198. The summed E-state index contributed by atoms with van der Waals surface area (Å²) in [4.78, 5) is 30.1. The number of carbonyl (C=O) groups is 2. The fourth-order valence-corrected chi connectivity index (χ4v) is 6.19. The van der Waals surface area contributed by atoms with Crippen LogP contribution in [0.4, 0.5) is 9.59 Å². The van der Waals surface area contributed by atoms with Gasteiger partial charge in [-0.05, 0) is 58.6 Å². The van der Waals surface area contributed by atoms with Gasteiger partial charge in [0.1, 0.15) is 5.60 Å². The van der Waals surface area contributed by atoms with Crippen molar-refractivity contribution in [3.8, 4) is 11.3 Å². The van der Waals surface area contributed by atoms with Gasteiger partial charge in [-0.3, -0.25) is 9.78 Å². The molecular formula is C27H35N7O3. The molecule has 0 radical (unpaired) electrons. The quantitative estimate of drug-likeness (QED) is 0.548. The summed E-state index contributed by atoms with van der Waals surface area (Å²) in [7, 11) is 1.93. The number of aromatic nitrogens is 4. The number of piperidine rings is 1. The first kappa shape index (κ1) is 23.8. The Bertz CT molecular complexity index is 1350. The van der Waals surface area contributed by atoms with Gasteiger partial charge in [0, 0.05) is 48.3 Å². The van der Waals surface area contributed by atoms with Crippen molar-refractivity contribution >= 4 is 23.0 Å². The molecule has 0 saturated carbocycles. The Hall–Kier alpha value is -3.56. The first-order valence-corrected chi connectivity index (χ1v) is 13.2. The monoisotopic (exact) mass is 505 g/mol. The number of H-pyrrole nitrogens is 1. The third kappa shape index (κ3) is 4.32. The van der Waals surface area contributed by atoms with Crippen molar-refractivity contribution in [1.29, 1.82) is 0 Å². The number of aromatic amines is 1. The number of urea groups is 1. The number of aryl methyl sites for hydroxylation is 1. The van der Waals surface area contributed by atoms with Crippen LogP contribution >= 0.6 is 0 Å². The summed E-state index contributed by atoms with van der Waals surface area (Å²) in [6, 6.07) is 6.24. The summed E-state index contributed by atoms with van der Waals surface area (Å²) < 4.78 is 7.54. The number of amides is 3. The van der Waals surface area contributed by atoms with Crippen LogP contribution in [0.1, 0.15) is 57.7 Å². The zero-order valence-electron chi connectivity index (χ0n) is 22.0. The number of benzene rings is 1. The van der Waals surface area contributed by atoms with Crippen LogP contribution in [-0.2, 0) is 24.8 Å². The highest BCUT2D eigenvalue weighted by Gasteiger charge is 2.47. The van der Waals surface area contributed by atoms with Crippen molar-refractivity contribution in [2.24, 2.45) is 7.05 Å². The Morgan fingerprint density at radius 3 is 2.78 bits per heavy atom. The van der Waals surface area contributed by atoms with E-state index in [1.54, 1.807) is 0 Å². The molecule has 10 heteroatoms. The molecule has 2 saturated heterocycles. The normalized spacial score (nSPS) is 23.3. The molecule has 6 rings (SSSR count). The molecule has 3 atom stereocenters. The standard InChI is InChI=1S/C27H35N7O3/c1-27(2,3)37-26(36)34-18-6-8-21(23(34)10-7-18)29-25(35)33-12-11-20-19(15-33)24(31-30-20)16-5-9-22-17(13-16)14-28-32(22)4/h5,9,13-14,18,21,23H,6-8,10-12,15H2,1-4H3,(H,29,35)(H,30,31)/t18-,21?,23-/m0/s1. The van der Waals surface area contributed by atoms with Crippen LogP contribution in [0.25, 0.3) is 22.2 Å². The second-order valence-corrected chi connectivity index (χ2v) is 11.6. The molecule has 3 amide bonds. The van der Waals surface area contributed by atoms with Gasteiger partial charge in [-0.15, -0.1) is 0 Å². The number of hydrogen-bond donors (Lipinski definition) is 2. The van der Waals surface area contributed by atoms with Crippen molar-refractivity contribution < 1.29 is 14.3 Å².